The summed E-state index contributed by atoms with van der Waals surface area (Å²) in [5, 5.41) is 6.50. The summed E-state index contributed by atoms with van der Waals surface area (Å²) in [6, 6.07) is 8.59. The highest BCUT2D eigenvalue weighted by atomic mass is 79.9. The molecule has 0 radical (unpaired) electrons. The van der Waals surface area contributed by atoms with Crippen molar-refractivity contribution in [2.75, 3.05) is 6.54 Å². The van der Waals surface area contributed by atoms with Gasteiger partial charge in [0.05, 0.1) is 6.04 Å². The van der Waals surface area contributed by atoms with Gasteiger partial charge in [-0.15, -0.1) is 0 Å². The molecule has 104 valence electrons. The zero-order valence-corrected chi connectivity index (χ0v) is 13.0. The van der Waals surface area contributed by atoms with Gasteiger partial charge in [0.15, 0.2) is 0 Å². The van der Waals surface area contributed by atoms with Crippen LogP contribution in [0.4, 0.5) is 0 Å². The molecule has 2 unspecified atom stereocenters. The summed E-state index contributed by atoms with van der Waals surface area (Å²) in [6.07, 6.45) is 1.86. The van der Waals surface area contributed by atoms with Crippen LogP contribution < -0.4 is 10.6 Å². The van der Waals surface area contributed by atoms with Crippen molar-refractivity contribution in [3.8, 4) is 0 Å². The third-order valence-corrected chi connectivity index (χ3v) is 4.25. The van der Waals surface area contributed by atoms with Crippen LogP contribution in [0.3, 0.4) is 0 Å². The predicted molar refractivity (Wildman–Crippen MR) is 80.9 cm³/mol. The molecule has 0 bridgehead atoms. The quantitative estimate of drug-likeness (QED) is 0.897. The highest BCUT2D eigenvalue weighted by Crippen LogP contribution is 2.20. The third-order valence-electron chi connectivity index (χ3n) is 3.72. The largest absolute Gasteiger partial charge is 0.349 e. The summed E-state index contributed by atoms with van der Waals surface area (Å²) in [5.41, 5.74) is 1.14. The number of rotatable bonds is 3. The van der Waals surface area contributed by atoms with Gasteiger partial charge in [-0.05, 0) is 50.9 Å². The lowest BCUT2D eigenvalue weighted by Crippen LogP contribution is -2.42. The highest BCUT2D eigenvalue weighted by molar-refractivity contribution is 9.10. The first-order valence-electron chi connectivity index (χ1n) is 6.85. The molecule has 0 saturated carbocycles. The Hall–Kier alpha value is -0.870. The number of amides is 1. The Morgan fingerprint density at radius 1 is 1.42 bits per heavy atom. The minimum Gasteiger partial charge on any atom is -0.349 e. The van der Waals surface area contributed by atoms with Crippen LogP contribution in [0.1, 0.15) is 38.3 Å². The Balaban J connectivity index is 1.92. The molecule has 2 rings (SSSR count). The van der Waals surface area contributed by atoms with Crippen LogP contribution in [-0.2, 0) is 4.79 Å². The first kappa shape index (κ1) is 14.5. The maximum atomic E-state index is 12.2. The minimum atomic E-state index is 0.0609. The van der Waals surface area contributed by atoms with Crippen LogP contribution in [0, 0.1) is 5.92 Å². The average molecular weight is 325 g/mol. The minimum absolute atomic E-state index is 0.0609. The summed E-state index contributed by atoms with van der Waals surface area (Å²) in [6.45, 7) is 5.11. The fraction of sp³-hybridized carbons (Fsp3) is 0.533. The van der Waals surface area contributed by atoms with Crippen molar-refractivity contribution < 1.29 is 4.79 Å². The molecule has 1 saturated heterocycles. The smallest absolute Gasteiger partial charge is 0.223 e. The molecule has 1 amide bonds. The third kappa shape index (κ3) is 4.05. The van der Waals surface area contributed by atoms with Crippen LogP contribution in [0.15, 0.2) is 28.7 Å². The lowest BCUT2D eigenvalue weighted by molar-refractivity contribution is -0.126. The van der Waals surface area contributed by atoms with E-state index in [9.17, 15) is 4.79 Å². The number of halogens is 1. The van der Waals surface area contributed by atoms with Crippen LogP contribution in [0.5, 0.6) is 0 Å². The fourth-order valence-electron chi connectivity index (χ4n) is 2.54. The van der Waals surface area contributed by atoms with E-state index in [1.165, 1.54) is 0 Å². The van der Waals surface area contributed by atoms with Gasteiger partial charge in [-0.25, -0.2) is 0 Å². The zero-order chi connectivity index (χ0) is 13.8. The molecular formula is C15H21BrN2O. The van der Waals surface area contributed by atoms with Crippen molar-refractivity contribution in [2.45, 2.75) is 38.8 Å². The predicted octanol–water partition coefficient (Wildman–Crippen LogP) is 3.01. The van der Waals surface area contributed by atoms with E-state index in [0.29, 0.717) is 6.04 Å². The second-order valence-electron chi connectivity index (χ2n) is 5.36. The number of nitrogens with one attached hydrogen (secondary N) is 2. The normalized spacial score (nSPS) is 24.8. The SMILES string of the molecule is CC1CC(C(=O)N[C@@H](C)c2ccc(Br)cc2)CCN1. The summed E-state index contributed by atoms with van der Waals surface area (Å²) in [7, 11) is 0. The summed E-state index contributed by atoms with van der Waals surface area (Å²) in [5.74, 6) is 0.331. The average Bonchev–Trinajstić information content (AvgIpc) is 2.39. The van der Waals surface area contributed by atoms with Gasteiger partial charge in [-0.2, -0.15) is 0 Å². The second-order valence-corrected chi connectivity index (χ2v) is 6.27. The van der Waals surface area contributed by atoms with Crippen molar-refractivity contribution in [1.82, 2.24) is 10.6 Å². The van der Waals surface area contributed by atoms with E-state index in [4.69, 9.17) is 0 Å². The molecule has 2 N–H and O–H groups in total. The lowest BCUT2D eigenvalue weighted by atomic mass is 9.92. The molecule has 3 nitrogen and oxygen atoms in total. The molecule has 4 heteroatoms. The first-order chi connectivity index (χ1) is 9.06. The molecule has 3 atom stereocenters. The van der Waals surface area contributed by atoms with Crippen molar-refractivity contribution in [1.29, 1.82) is 0 Å². The van der Waals surface area contributed by atoms with Gasteiger partial charge in [-0.1, -0.05) is 28.1 Å². The van der Waals surface area contributed by atoms with E-state index in [-0.39, 0.29) is 17.9 Å². The Morgan fingerprint density at radius 3 is 2.74 bits per heavy atom. The maximum absolute atomic E-state index is 12.2. The monoisotopic (exact) mass is 324 g/mol. The molecule has 19 heavy (non-hydrogen) atoms. The fourth-order valence-corrected chi connectivity index (χ4v) is 2.80. The van der Waals surface area contributed by atoms with E-state index in [0.717, 1.165) is 29.4 Å². The van der Waals surface area contributed by atoms with Gasteiger partial charge in [0.1, 0.15) is 0 Å². The Kier molecular flexibility index (Phi) is 4.99. The summed E-state index contributed by atoms with van der Waals surface area (Å²) >= 11 is 3.42. The van der Waals surface area contributed by atoms with E-state index < -0.39 is 0 Å². The Labute approximate surface area is 123 Å². The van der Waals surface area contributed by atoms with Gasteiger partial charge in [-0.3, -0.25) is 4.79 Å². The van der Waals surface area contributed by atoms with E-state index in [2.05, 4.69) is 33.5 Å². The summed E-state index contributed by atoms with van der Waals surface area (Å²) in [4.78, 5) is 12.2. The van der Waals surface area contributed by atoms with Gasteiger partial charge < -0.3 is 10.6 Å². The first-order valence-corrected chi connectivity index (χ1v) is 7.65. The topological polar surface area (TPSA) is 41.1 Å². The molecule has 1 aromatic carbocycles. The summed E-state index contributed by atoms with van der Waals surface area (Å²) < 4.78 is 1.06. The molecule has 1 fully saturated rings. The number of benzene rings is 1. The Morgan fingerprint density at radius 2 is 2.11 bits per heavy atom. The van der Waals surface area contributed by atoms with Crippen molar-refractivity contribution in [3.05, 3.63) is 34.3 Å². The molecule has 0 spiro atoms. The van der Waals surface area contributed by atoms with Crippen molar-refractivity contribution >= 4 is 21.8 Å². The van der Waals surface area contributed by atoms with Gasteiger partial charge in [0.25, 0.3) is 0 Å². The second kappa shape index (κ2) is 6.53. The van der Waals surface area contributed by atoms with Crippen LogP contribution in [0.2, 0.25) is 0 Å². The molecule has 1 aliphatic heterocycles. The molecule has 0 aromatic heterocycles. The number of hydrogen-bond donors (Lipinski definition) is 2. The molecule has 0 aliphatic carbocycles. The number of carbonyl (C=O) groups is 1. The van der Waals surface area contributed by atoms with Gasteiger partial charge >= 0.3 is 0 Å². The van der Waals surface area contributed by atoms with Gasteiger partial charge in [0.2, 0.25) is 5.91 Å². The molecule has 1 aromatic rings. The van der Waals surface area contributed by atoms with E-state index in [1.807, 2.05) is 31.2 Å². The number of hydrogen-bond acceptors (Lipinski definition) is 2. The van der Waals surface area contributed by atoms with E-state index in [1.54, 1.807) is 0 Å². The van der Waals surface area contributed by atoms with Gasteiger partial charge in [0, 0.05) is 16.4 Å². The van der Waals surface area contributed by atoms with E-state index >= 15 is 0 Å². The maximum Gasteiger partial charge on any atom is 0.223 e. The van der Waals surface area contributed by atoms with Crippen LogP contribution >= 0.6 is 15.9 Å². The molecule has 1 heterocycles. The van der Waals surface area contributed by atoms with Crippen LogP contribution in [0.25, 0.3) is 0 Å². The van der Waals surface area contributed by atoms with Crippen molar-refractivity contribution in [3.63, 3.8) is 0 Å². The number of carbonyl (C=O) groups excluding carboxylic acids is 1. The standard InChI is InChI=1S/C15H21BrN2O/c1-10-9-13(7-8-17-10)15(19)18-11(2)12-3-5-14(16)6-4-12/h3-6,10-11,13,17H,7-9H2,1-2H3,(H,18,19)/t10?,11-,13?/m0/s1. The number of piperidine rings is 1. The van der Waals surface area contributed by atoms with Crippen molar-refractivity contribution in [2.24, 2.45) is 5.92 Å². The van der Waals surface area contributed by atoms with Crippen LogP contribution in [-0.4, -0.2) is 18.5 Å². The lowest BCUT2D eigenvalue weighted by Gasteiger charge is -2.28. The molecule has 1 aliphatic rings. The Bertz CT molecular complexity index is 432. The zero-order valence-electron chi connectivity index (χ0n) is 11.4. The molecular weight excluding hydrogens is 304 g/mol. The highest BCUT2D eigenvalue weighted by Gasteiger charge is 2.25.